The van der Waals surface area contributed by atoms with Gasteiger partial charge in [0.2, 0.25) is 11.8 Å². The zero-order valence-corrected chi connectivity index (χ0v) is 12.8. The van der Waals surface area contributed by atoms with Crippen molar-refractivity contribution < 1.29 is 19.5 Å². The van der Waals surface area contributed by atoms with Crippen molar-refractivity contribution in [3.8, 4) is 0 Å². The second-order valence-electron chi connectivity index (χ2n) is 4.78. The Morgan fingerprint density at radius 2 is 1.86 bits per heavy atom. The van der Waals surface area contributed by atoms with E-state index < -0.39 is 29.9 Å². The van der Waals surface area contributed by atoms with Gasteiger partial charge >= 0.3 is 5.97 Å². The number of carbonyl (C=O) groups excluding carboxylic acids is 2. The minimum atomic E-state index is -1.16. The molecule has 1 aromatic carbocycles. The van der Waals surface area contributed by atoms with Crippen LogP contribution in [0, 0.1) is 0 Å². The molecule has 0 fully saturated rings. The van der Waals surface area contributed by atoms with Crippen molar-refractivity contribution in [2.75, 3.05) is 0 Å². The fourth-order valence-corrected chi connectivity index (χ4v) is 1.70. The number of nitrogens with one attached hydrogen (secondary N) is 2. The first-order valence-corrected chi connectivity index (χ1v) is 6.97. The second kappa shape index (κ2) is 8.35. The number of carbonyl (C=O) groups is 3. The third kappa shape index (κ3) is 6.11. The summed E-state index contributed by atoms with van der Waals surface area (Å²) in [6, 6.07) is 4.84. The van der Waals surface area contributed by atoms with Crippen molar-refractivity contribution in [1.29, 1.82) is 0 Å². The summed E-state index contributed by atoms with van der Waals surface area (Å²) in [5.74, 6) is -2.24. The summed E-state index contributed by atoms with van der Waals surface area (Å²) in [5.41, 5.74) is 6.46. The molecule has 2 atom stereocenters. The van der Waals surface area contributed by atoms with Gasteiger partial charge in [-0.25, -0.2) is 0 Å². The number of carboxylic acid groups (broad SMARTS) is 1. The second-order valence-corrected chi connectivity index (χ2v) is 5.22. The van der Waals surface area contributed by atoms with Gasteiger partial charge in [0.15, 0.2) is 0 Å². The molecule has 0 aliphatic rings. The van der Waals surface area contributed by atoms with E-state index in [1.165, 1.54) is 6.92 Å². The smallest absolute Gasteiger partial charge is 0.325 e. The molecule has 8 heteroatoms. The fourth-order valence-electron chi connectivity index (χ4n) is 1.58. The maximum Gasteiger partial charge on any atom is 0.325 e. The predicted molar refractivity (Wildman–Crippen MR) is 81.1 cm³/mol. The average Bonchev–Trinajstić information content (AvgIpc) is 2.45. The zero-order valence-electron chi connectivity index (χ0n) is 12.0. The Labute approximate surface area is 132 Å². The van der Waals surface area contributed by atoms with Gasteiger partial charge in [-0.3, -0.25) is 14.4 Å². The number of amides is 2. The van der Waals surface area contributed by atoms with Gasteiger partial charge in [0.1, 0.15) is 6.04 Å². The lowest BCUT2D eigenvalue weighted by Gasteiger charge is -2.14. The highest BCUT2D eigenvalue weighted by atomic mass is 35.5. The Hall–Kier alpha value is -2.12. The van der Waals surface area contributed by atoms with Crippen LogP contribution < -0.4 is 16.4 Å². The SMILES string of the molecule is C[C@H](NC(=O)C[C@H](N)C(=O)NCc1ccc(Cl)cc1)C(=O)O. The number of hydrogen-bond acceptors (Lipinski definition) is 4. The summed E-state index contributed by atoms with van der Waals surface area (Å²) in [6.07, 6.45) is -0.288. The number of rotatable bonds is 7. The van der Waals surface area contributed by atoms with Crippen molar-refractivity contribution in [2.24, 2.45) is 5.73 Å². The Morgan fingerprint density at radius 1 is 1.27 bits per heavy atom. The summed E-state index contributed by atoms with van der Waals surface area (Å²) < 4.78 is 0. The Balaban J connectivity index is 2.40. The molecule has 1 rings (SSSR count). The molecule has 0 bridgehead atoms. The van der Waals surface area contributed by atoms with Crippen molar-refractivity contribution >= 4 is 29.4 Å². The van der Waals surface area contributed by atoms with E-state index >= 15 is 0 Å². The van der Waals surface area contributed by atoms with E-state index in [0.717, 1.165) is 5.56 Å². The molecule has 0 unspecified atom stereocenters. The molecule has 0 heterocycles. The number of benzene rings is 1. The highest BCUT2D eigenvalue weighted by Gasteiger charge is 2.20. The van der Waals surface area contributed by atoms with Crippen LogP contribution in [0.1, 0.15) is 18.9 Å². The van der Waals surface area contributed by atoms with Crippen LogP contribution in [-0.2, 0) is 20.9 Å². The van der Waals surface area contributed by atoms with Gasteiger partial charge in [0.25, 0.3) is 0 Å². The molecular weight excluding hydrogens is 310 g/mol. The molecule has 120 valence electrons. The average molecular weight is 328 g/mol. The monoisotopic (exact) mass is 327 g/mol. The van der Waals surface area contributed by atoms with Crippen molar-refractivity contribution in [3.63, 3.8) is 0 Å². The third-order valence-electron chi connectivity index (χ3n) is 2.87. The largest absolute Gasteiger partial charge is 0.480 e. The van der Waals surface area contributed by atoms with Crippen molar-refractivity contribution in [1.82, 2.24) is 10.6 Å². The van der Waals surface area contributed by atoms with Gasteiger partial charge in [-0.05, 0) is 24.6 Å². The van der Waals surface area contributed by atoms with Crippen LogP contribution in [0.25, 0.3) is 0 Å². The summed E-state index contributed by atoms with van der Waals surface area (Å²) >= 11 is 5.75. The van der Waals surface area contributed by atoms with Gasteiger partial charge in [-0.2, -0.15) is 0 Å². The van der Waals surface area contributed by atoms with E-state index in [1.807, 2.05) is 0 Å². The van der Waals surface area contributed by atoms with Crippen LogP contribution in [0.15, 0.2) is 24.3 Å². The van der Waals surface area contributed by atoms with Crippen molar-refractivity contribution in [3.05, 3.63) is 34.9 Å². The van der Waals surface area contributed by atoms with Crippen LogP contribution >= 0.6 is 11.6 Å². The van der Waals surface area contributed by atoms with Gasteiger partial charge < -0.3 is 21.5 Å². The van der Waals surface area contributed by atoms with Crippen LogP contribution in [0.4, 0.5) is 0 Å². The Morgan fingerprint density at radius 3 is 2.41 bits per heavy atom. The van der Waals surface area contributed by atoms with Gasteiger partial charge in [0, 0.05) is 11.6 Å². The summed E-state index contributed by atoms with van der Waals surface area (Å²) in [4.78, 5) is 33.9. The first-order chi connectivity index (χ1) is 10.3. The van der Waals surface area contributed by atoms with Crippen LogP contribution in [0.2, 0.25) is 5.02 Å². The molecule has 2 amide bonds. The minimum absolute atomic E-state index is 0.261. The van der Waals surface area contributed by atoms with Gasteiger partial charge in [-0.15, -0.1) is 0 Å². The molecule has 0 spiro atoms. The molecule has 5 N–H and O–H groups in total. The number of hydrogen-bond donors (Lipinski definition) is 4. The number of aliphatic carboxylic acids is 1. The van der Waals surface area contributed by atoms with E-state index in [0.29, 0.717) is 5.02 Å². The fraction of sp³-hybridized carbons (Fsp3) is 0.357. The molecule has 0 aliphatic heterocycles. The molecule has 0 aromatic heterocycles. The summed E-state index contributed by atoms with van der Waals surface area (Å²) in [7, 11) is 0. The Bertz CT molecular complexity index is 548. The van der Waals surface area contributed by atoms with Crippen LogP contribution in [0.3, 0.4) is 0 Å². The summed E-state index contributed by atoms with van der Waals surface area (Å²) in [6.45, 7) is 1.59. The first-order valence-electron chi connectivity index (χ1n) is 6.59. The molecule has 22 heavy (non-hydrogen) atoms. The summed E-state index contributed by atoms with van der Waals surface area (Å²) in [5, 5.41) is 14.1. The molecule has 0 aliphatic carbocycles. The molecule has 7 nitrogen and oxygen atoms in total. The predicted octanol–water partition coefficient (Wildman–Crippen LogP) is 0.263. The van der Waals surface area contributed by atoms with Gasteiger partial charge in [0.05, 0.1) is 12.5 Å². The Kier molecular flexibility index (Phi) is 6.81. The standard InChI is InChI=1S/C14H18ClN3O4/c1-8(14(21)22)18-12(19)6-11(16)13(20)17-7-9-2-4-10(15)5-3-9/h2-5,8,11H,6-7,16H2,1H3,(H,17,20)(H,18,19)(H,21,22)/t8-,11-/m0/s1. The van der Waals surface area contributed by atoms with E-state index in [4.69, 9.17) is 22.4 Å². The highest BCUT2D eigenvalue weighted by molar-refractivity contribution is 6.30. The molecule has 1 aromatic rings. The van der Waals surface area contributed by atoms with E-state index in [2.05, 4.69) is 10.6 Å². The normalized spacial score (nSPS) is 13.0. The maximum atomic E-state index is 11.8. The lowest BCUT2D eigenvalue weighted by atomic mass is 10.1. The molecule has 0 radical (unpaired) electrons. The molecular formula is C14H18ClN3O4. The molecule has 0 saturated carbocycles. The lowest BCUT2D eigenvalue weighted by molar-refractivity contribution is -0.141. The van der Waals surface area contributed by atoms with Crippen LogP contribution in [0.5, 0.6) is 0 Å². The highest BCUT2D eigenvalue weighted by Crippen LogP contribution is 2.09. The van der Waals surface area contributed by atoms with Crippen LogP contribution in [-0.4, -0.2) is 35.0 Å². The minimum Gasteiger partial charge on any atom is -0.480 e. The van der Waals surface area contributed by atoms with Crippen molar-refractivity contribution in [2.45, 2.75) is 32.0 Å². The van der Waals surface area contributed by atoms with E-state index in [1.54, 1.807) is 24.3 Å². The topological polar surface area (TPSA) is 122 Å². The molecule has 0 saturated heterocycles. The van der Waals surface area contributed by atoms with E-state index in [-0.39, 0.29) is 13.0 Å². The first kappa shape index (κ1) is 17.9. The zero-order chi connectivity index (χ0) is 16.7. The third-order valence-corrected chi connectivity index (χ3v) is 3.12. The van der Waals surface area contributed by atoms with E-state index in [9.17, 15) is 14.4 Å². The number of nitrogens with two attached hydrogens (primary N) is 1. The van der Waals surface area contributed by atoms with Gasteiger partial charge in [-0.1, -0.05) is 23.7 Å². The maximum absolute atomic E-state index is 11.8. The lowest BCUT2D eigenvalue weighted by Crippen LogP contribution is -2.46. The number of carboxylic acids is 1. The quantitative estimate of drug-likeness (QED) is 0.572. The number of halogens is 1.